The highest BCUT2D eigenvalue weighted by Gasteiger charge is 2.23. The van der Waals surface area contributed by atoms with Crippen LogP contribution >= 0.6 is 0 Å². The lowest BCUT2D eigenvalue weighted by Crippen LogP contribution is -2.42. The van der Waals surface area contributed by atoms with E-state index in [9.17, 15) is 9.90 Å². The number of β-amino-alcohol motifs (C(OH)–C–C–N with tert-alkyl or cyclic N) is 1. The van der Waals surface area contributed by atoms with Crippen LogP contribution in [0.15, 0.2) is 18.2 Å². The van der Waals surface area contributed by atoms with Gasteiger partial charge in [-0.25, -0.2) is 0 Å². The molecule has 21 heavy (non-hydrogen) atoms. The lowest BCUT2D eigenvalue weighted by molar-refractivity contribution is 0.0473. The molecular weight excluding hydrogens is 270 g/mol. The molecule has 1 fully saturated rings. The smallest absolute Gasteiger partial charge is 0.254 e. The molecule has 1 heterocycles. The molecule has 116 valence electrons. The Morgan fingerprint density at radius 3 is 2.67 bits per heavy atom. The van der Waals surface area contributed by atoms with Gasteiger partial charge in [0.15, 0.2) is 11.5 Å². The summed E-state index contributed by atoms with van der Waals surface area (Å²) in [5, 5.41) is 9.69. The molecule has 0 radical (unpaired) electrons. The number of hydrogen-bond acceptors (Lipinski definition) is 4. The van der Waals surface area contributed by atoms with Gasteiger partial charge in [-0.15, -0.1) is 0 Å². The number of aliphatic hydroxyl groups is 1. The molecule has 1 aromatic carbocycles. The van der Waals surface area contributed by atoms with Gasteiger partial charge in [0.05, 0.1) is 19.3 Å². The highest BCUT2D eigenvalue weighted by molar-refractivity contribution is 5.95. The van der Waals surface area contributed by atoms with Crippen molar-refractivity contribution < 1.29 is 19.4 Å². The van der Waals surface area contributed by atoms with Crippen molar-refractivity contribution in [3.63, 3.8) is 0 Å². The molecule has 0 saturated carbocycles. The Balaban J connectivity index is 2.18. The van der Waals surface area contributed by atoms with Crippen molar-refractivity contribution in [2.45, 2.75) is 32.8 Å². The van der Waals surface area contributed by atoms with Crippen molar-refractivity contribution in [3.05, 3.63) is 23.8 Å². The van der Waals surface area contributed by atoms with Crippen LogP contribution in [0.1, 0.15) is 37.0 Å². The number of ether oxygens (including phenoxy) is 2. The zero-order valence-electron chi connectivity index (χ0n) is 12.7. The third-order valence-electron chi connectivity index (χ3n) is 3.47. The number of aliphatic hydroxyl groups excluding tert-OH is 1. The first-order valence-electron chi connectivity index (χ1n) is 7.52. The summed E-state index contributed by atoms with van der Waals surface area (Å²) < 4.78 is 11.0. The van der Waals surface area contributed by atoms with Crippen molar-refractivity contribution in [1.82, 2.24) is 4.90 Å². The van der Waals surface area contributed by atoms with Crippen LogP contribution in [-0.2, 0) is 0 Å². The molecule has 1 saturated heterocycles. The molecular formula is C16H23NO4. The largest absolute Gasteiger partial charge is 0.490 e. The molecule has 0 aliphatic carbocycles. The van der Waals surface area contributed by atoms with Crippen LogP contribution in [0, 0.1) is 0 Å². The third-order valence-corrected chi connectivity index (χ3v) is 3.47. The summed E-state index contributed by atoms with van der Waals surface area (Å²) in [6.45, 7) is 5.95. The van der Waals surface area contributed by atoms with Crippen LogP contribution in [0.2, 0.25) is 0 Å². The van der Waals surface area contributed by atoms with E-state index in [0.29, 0.717) is 43.4 Å². The second-order valence-corrected chi connectivity index (χ2v) is 5.07. The molecule has 1 atom stereocenters. The number of carbonyl (C=O) groups excluding carboxylic acids is 1. The zero-order valence-corrected chi connectivity index (χ0v) is 12.7. The minimum Gasteiger partial charge on any atom is -0.490 e. The SMILES string of the molecule is CCOc1ccc(C(=O)N2CCC[C@H](O)C2)cc1OCC. The molecule has 2 rings (SSSR count). The molecule has 0 spiro atoms. The van der Waals surface area contributed by atoms with E-state index in [1.807, 2.05) is 13.8 Å². The number of rotatable bonds is 5. The number of carbonyl (C=O) groups is 1. The third kappa shape index (κ3) is 3.88. The highest BCUT2D eigenvalue weighted by atomic mass is 16.5. The fraction of sp³-hybridized carbons (Fsp3) is 0.562. The Kier molecular flexibility index (Phi) is 5.44. The fourth-order valence-electron chi connectivity index (χ4n) is 2.51. The van der Waals surface area contributed by atoms with E-state index in [0.717, 1.165) is 12.8 Å². The summed E-state index contributed by atoms with van der Waals surface area (Å²) in [6.07, 6.45) is 1.18. The molecule has 1 aliphatic heterocycles. The molecule has 0 bridgehead atoms. The number of nitrogens with zero attached hydrogens (tertiary/aromatic N) is 1. The van der Waals surface area contributed by atoms with Gasteiger partial charge in [0, 0.05) is 18.7 Å². The maximum atomic E-state index is 12.5. The molecule has 1 amide bonds. The molecule has 1 aliphatic rings. The van der Waals surface area contributed by atoms with Gasteiger partial charge in [-0.3, -0.25) is 4.79 Å². The Bertz CT molecular complexity index is 489. The second kappa shape index (κ2) is 7.31. The van der Waals surface area contributed by atoms with Gasteiger partial charge in [-0.1, -0.05) is 0 Å². The van der Waals surface area contributed by atoms with Crippen molar-refractivity contribution in [2.24, 2.45) is 0 Å². The Labute approximate surface area is 125 Å². The maximum Gasteiger partial charge on any atom is 0.254 e. The van der Waals surface area contributed by atoms with E-state index >= 15 is 0 Å². The standard InChI is InChI=1S/C16H23NO4/c1-3-20-14-8-7-12(10-15(14)21-4-2)16(19)17-9-5-6-13(18)11-17/h7-8,10,13,18H,3-6,9,11H2,1-2H3/t13-/m0/s1. The number of amides is 1. The van der Waals surface area contributed by atoms with Gasteiger partial charge in [0.2, 0.25) is 0 Å². The maximum absolute atomic E-state index is 12.5. The van der Waals surface area contributed by atoms with E-state index in [2.05, 4.69) is 0 Å². The van der Waals surface area contributed by atoms with Crippen molar-refractivity contribution >= 4 is 5.91 Å². The summed E-state index contributed by atoms with van der Waals surface area (Å²) in [7, 11) is 0. The predicted molar refractivity (Wildman–Crippen MR) is 79.9 cm³/mol. The summed E-state index contributed by atoms with van der Waals surface area (Å²) in [5.74, 6) is 1.16. The van der Waals surface area contributed by atoms with Gasteiger partial charge in [0.1, 0.15) is 0 Å². The first kappa shape index (κ1) is 15.6. The minimum atomic E-state index is -0.420. The van der Waals surface area contributed by atoms with E-state index in [-0.39, 0.29) is 5.91 Å². The second-order valence-electron chi connectivity index (χ2n) is 5.07. The van der Waals surface area contributed by atoms with Crippen LogP contribution in [0.3, 0.4) is 0 Å². The summed E-state index contributed by atoms with van der Waals surface area (Å²) in [6, 6.07) is 5.23. The minimum absolute atomic E-state index is 0.0715. The van der Waals surface area contributed by atoms with Crippen LogP contribution in [0.4, 0.5) is 0 Å². The summed E-state index contributed by atoms with van der Waals surface area (Å²) >= 11 is 0. The topological polar surface area (TPSA) is 59.0 Å². The molecule has 0 unspecified atom stereocenters. The Hall–Kier alpha value is -1.75. The highest BCUT2D eigenvalue weighted by Crippen LogP contribution is 2.29. The predicted octanol–water partition coefficient (Wildman–Crippen LogP) is 2.08. The fourth-order valence-corrected chi connectivity index (χ4v) is 2.51. The summed E-state index contributed by atoms with van der Waals surface area (Å²) in [5.41, 5.74) is 0.566. The summed E-state index contributed by atoms with van der Waals surface area (Å²) in [4.78, 5) is 14.2. The van der Waals surface area contributed by atoms with E-state index in [1.165, 1.54) is 0 Å². The normalized spacial score (nSPS) is 18.4. The molecule has 1 N–H and O–H groups in total. The van der Waals surface area contributed by atoms with Gasteiger partial charge < -0.3 is 19.5 Å². The average Bonchev–Trinajstić information content (AvgIpc) is 2.49. The van der Waals surface area contributed by atoms with Gasteiger partial charge in [-0.05, 0) is 44.9 Å². The van der Waals surface area contributed by atoms with Gasteiger partial charge in [-0.2, -0.15) is 0 Å². The quantitative estimate of drug-likeness (QED) is 0.903. The first-order valence-corrected chi connectivity index (χ1v) is 7.52. The van der Waals surface area contributed by atoms with Gasteiger partial charge in [0.25, 0.3) is 5.91 Å². The zero-order chi connectivity index (χ0) is 15.2. The number of likely N-dealkylation sites (tertiary alicyclic amines) is 1. The van der Waals surface area contributed by atoms with Crippen LogP contribution < -0.4 is 9.47 Å². The van der Waals surface area contributed by atoms with Crippen molar-refractivity contribution in [1.29, 1.82) is 0 Å². The first-order chi connectivity index (χ1) is 10.2. The number of piperidine rings is 1. The number of hydrogen-bond donors (Lipinski definition) is 1. The van der Waals surface area contributed by atoms with Crippen molar-refractivity contribution in [2.75, 3.05) is 26.3 Å². The molecule has 5 heteroatoms. The van der Waals surface area contributed by atoms with Crippen molar-refractivity contribution in [3.8, 4) is 11.5 Å². The molecule has 1 aromatic rings. The Morgan fingerprint density at radius 1 is 1.29 bits per heavy atom. The molecule has 0 aromatic heterocycles. The average molecular weight is 293 g/mol. The van der Waals surface area contributed by atoms with E-state index < -0.39 is 6.10 Å². The number of benzene rings is 1. The van der Waals surface area contributed by atoms with Crippen LogP contribution in [-0.4, -0.2) is 48.3 Å². The lowest BCUT2D eigenvalue weighted by atomic mass is 10.1. The van der Waals surface area contributed by atoms with E-state index in [1.54, 1.807) is 23.1 Å². The Morgan fingerprint density at radius 2 is 2.00 bits per heavy atom. The van der Waals surface area contributed by atoms with Gasteiger partial charge >= 0.3 is 0 Å². The van der Waals surface area contributed by atoms with E-state index in [4.69, 9.17) is 9.47 Å². The van der Waals surface area contributed by atoms with Crippen LogP contribution in [0.5, 0.6) is 11.5 Å². The lowest BCUT2D eigenvalue weighted by Gasteiger charge is -2.30. The monoisotopic (exact) mass is 293 g/mol. The molecule has 5 nitrogen and oxygen atoms in total. The van der Waals surface area contributed by atoms with Crippen LogP contribution in [0.25, 0.3) is 0 Å².